The van der Waals surface area contributed by atoms with E-state index in [2.05, 4.69) is 4.52 Å². The van der Waals surface area contributed by atoms with Crippen LogP contribution < -0.4 is 0 Å². The summed E-state index contributed by atoms with van der Waals surface area (Å²) in [4.78, 5) is 8.58. The molecule has 0 aromatic heterocycles. The SMILES string of the molecule is O=[PH](O)OC=C(CCCCCl)CCCCCl. The molecule has 0 aliphatic rings. The van der Waals surface area contributed by atoms with E-state index in [4.69, 9.17) is 28.1 Å². The summed E-state index contributed by atoms with van der Waals surface area (Å²) in [5, 5.41) is 0. The molecule has 0 saturated carbocycles. The number of allylic oxidation sites excluding steroid dienone is 1. The van der Waals surface area contributed by atoms with Crippen LogP contribution in [0.25, 0.3) is 0 Å². The third kappa shape index (κ3) is 10.8. The van der Waals surface area contributed by atoms with E-state index in [-0.39, 0.29) is 0 Å². The number of hydrogen-bond acceptors (Lipinski definition) is 2. The first kappa shape index (κ1) is 16.3. The highest BCUT2D eigenvalue weighted by Gasteiger charge is 2.00. The molecule has 1 atom stereocenters. The molecule has 96 valence electrons. The Morgan fingerprint density at radius 2 is 1.62 bits per heavy atom. The number of alkyl halides is 2. The molecular weight excluding hydrogens is 270 g/mol. The predicted octanol–water partition coefficient (Wildman–Crippen LogP) is 4.09. The third-order valence-electron chi connectivity index (χ3n) is 2.09. The van der Waals surface area contributed by atoms with Gasteiger partial charge in [0.25, 0.3) is 0 Å². The Morgan fingerprint density at radius 1 is 1.12 bits per heavy atom. The third-order valence-corrected chi connectivity index (χ3v) is 2.94. The molecule has 0 amide bonds. The van der Waals surface area contributed by atoms with Gasteiger partial charge in [0.2, 0.25) is 0 Å². The van der Waals surface area contributed by atoms with Crippen LogP contribution in [0.3, 0.4) is 0 Å². The highest BCUT2D eigenvalue weighted by atomic mass is 35.5. The number of unbranched alkanes of at least 4 members (excludes halogenated alkanes) is 2. The lowest BCUT2D eigenvalue weighted by molar-refractivity contribution is 0.373. The van der Waals surface area contributed by atoms with Gasteiger partial charge in [-0.1, -0.05) is 0 Å². The van der Waals surface area contributed by atoms with Gasteiger partial charge in [0, 0.05) is 11.8 Å². The molecule has 0 aromatic carbocycles. The minimum absolute atomic E-state index is 0.645. The Balaban J connectivity index is 3.94. The summed E-state index contributed by atoms with van der Waals surface area (Å²) in [5.41, 5.74) is 1.06. The molecule has 3 nitrogen and oxygen atoms in total. The largest absolute Gasteiger partial charge is 0.434 e. The molecule has 0 aliphatic heterocycles. The highest BCUT2D eigenvalue weighted by molar-refractivity contribution is 7.32. The normalized spacial score (nSPS) is 12.2. The second-order valence-electron chi connectivity index (χ2n) is 3.45. The Bertz CT molecular complexity index is 210. The van der Waals surface area contributed by atoms with Crippen LogP contribution in [0.2, 0.25) is 0 Å². The maximum atomic E-state index is 10.4. The maximum absolute atomic E-state index is 10.4. The average Bonchev–Trinajstić information content (AvgIpc) is 2.25. The second-order valence-corrected chi connectivity index (χ2v) is 4.98. The molecule has 0 aromatic rings. The van der Waals surface area contributed by atoms with Crippen molar-refractivity contribution < 1.29 is 14.0 Å². The van der Waals surface area contributed by atoms with Gasteiger partial charge in [-0.2, -0.15) is 0 Å². The van der Waals surface area contributed by atoms with Crippen LogP contribution in [0.1, 0.15) is 38.5 Å². The molecule has 1 N–H and O–H groups in total. The topological polar surface area (TPSA) is 46.5 Å². The first-order chi connectivity index (χ1) is 7.70. The summed E-state index contributed by atoms with van der Waals surface area (Å²) in [6, 6.07) is 0. The zero-order valence-electron chi connectivity index (χ0n) is 9.25. The first-order valence-corrected chi connectivity index (χ1v) is 7.73. The molecule has 0 heterocycles. The van der Waals surface area contributed by atoms with Gasteiger partial charge in [-0.3, -0.25) is 0 Å². The lowest BCUT2D eigenvalue weighted by atomic mass is 10.0. The van der Waals surface area contributed by atoms with Crippen molar-refractivity contribution in [1.82, 2.24) is 0 Å². The van der Waals surface area contributed by atoms with E-state index in [0.717, 1.165) is 44.1 Å². The molecule has 0 rings (SSSR count). The second kappa shape index (κ2) is 11.8. The lowest BCUT2D eigenvalue weighted by Gasteiger charge is -2.06. The van der Waals surface area contributed by atoms with Crippen LogP contribution >= 0.6 is 31.5 Å². The monoisotopic (exact) mass is 288 g/mol. The zero-order valence-corrected chi connectivity index (χ0v) is 11.8. The van der Waals surface area contributed by atoms with Gasteiger partial charge in [0.1, 0.15) is 0 Å². The van der Waals surface area contributed by atoms with Gasteiger partial charge < -0.3 is 9.42 Å². The van der Waals surface area contributed by atoms with E-state index in [1.54, 1.807) is 0 Å². The van der Waals surface area contributed by atoms with Gasteiger partial charge in [0.15, 0.2) is 0 Å². The maximum Gasteiger partial charge on any atom is 0.364 e. The zero-order chi connectivity index (χ0) is 12.2. The average molecular weight is 289 g/mol. The van der Waals surface area contributed by atoms with Crippen molar-refractivity contribution in [3.05, 3.63) is 11.8 Å². The van der Waals surface area contributed by atoms with Crippen molar-refractivity contribution in [2.75, 3.05) is 11.8 Å². The standard InChI is InChI=1S/C10H19Cl2O3P/c11-7-3-1-5-10(6-2-4-8-12)9-15-16(13)14/h9,16H,1-8H2,(H,13,14). The van der Waals surface area contributed by atoms with Crippen LogP contribution in [0.5, 0.6) is 0 Å². The fraction of sp³-hybridized carbons (Fsp3) is 0.800. The number of rotatable bonds is 10. The fourth-order valence-electron chi connectivity index (χ4n) is 1.27. The van der Waals surface area contributed by atoms with E-state index in [9.17, 15) is 4.57 Å². The molecule has 0 radical (unpaired) electrons. The molecule has 0 fully saturated rings. The molecule has 6 heteroatoms. The minimum Gasteiger partial charge on any atom is -0.434 e. The molecule has 0 spiro atoms. The Hall–Kier alpha value is 0.310. The van der Waals surface area contributed by atoms with Crippen molar-refractivity contribution in [3.8, 4) is 0 Å². The Kier molecular flexibility index (Phi) is 12.0. The molecule has 0 saturated heterocycles. The summed E-state index contributed by atoms with van der Waals surface area (Å²) >= 11 is 11.2. The summed E-state index contributed by atoms with van der Waals surface area (Å²) in [6.45, 7) is 0. The van der Waals surface area contributed by atoms with Crippen LogP contribution in [0, 0.1) is 0 Å². The summed E-state index contributed by atoms with van der Waals surface area (Å²) in [7, 11) is -2.87. The number of hydrogen-bond donors (Lipinski definition) is 1. The fourth-order valence-corrected chi connectivity index (χ4v) is 1.92. The Labute approximate surface area is 108 Å². The van der Waals surface area contributed by atoms with E-state index in [0.29, 0.717) is 11.8 Å². The smallest absolute Gasteiger partial charge is 0.364 e. The molecule has 0 aliphatic carbocycles. The van der Waals surface area contributed by atoms with Crippen LogP contribution in [0.15, 0.2) is 11.8 Å². The van der Waals surface area contributed by atoms with E-state index >= 15 is 0 Å². The minimum atomic E-state index is -2.87. The van der Waals surface area contributed by atoms with Crippen LogP contribution in [-0.2, 0) is 9.09 Å². The van der Waals surface area contributed by atoms with E-state index < -0.39 is 8.25 Å². The van der Waals surface area contributed by atoms with Crippen molar-refractivity contribution in [3.63, 3.8) is 0 Å². The van der Waals surface area contributed by atoms with Crippen molar-refractivity contribution in [1.29, 1.82) is 0 Å². The van der Waals surface area contributed by atoms with E-state index in [1.807, 2.05) is 0 Å². The molecule has 0 bridgehead atoms. The van der Waals surface area contributed by atoms with Crippen molar-refractivity contribution in [2.45, 2.75) is 38.5 Å². The Morgan fingerprint density at radius 3 is 2.00 bits per heavy atom. The van der Waals surface area contributed by atoms with Gasteiger partial charge in [-0.05, 0) is 44.1 Å². The summed E-state index contributed by atoms with van der Waals surface area (Å²) in [5.74, 6) is 1.29. The van der Waals surface area contributed by atoms with Gasteiger partial charge in [-0.15, -0.1) is 23.2 Å². The van der Waals surface area contributed by atoms with Crippen molar-refractivity contribution >= 4 is 31.5 Å². The lowest BCUT2D eigenvalue weighted by Crippen LogP contribution is -1.88. The summed E-state index contributed by atoms with van der Waals surface area (Å²) < 4.78 is 15.1. The molecule has 16 heavy (non-hydrogen) atoms. The summed E-state index contributed by atoms with van der Waals surface area (Å²) in [6.07, 6.45) is 7.00. The quantitative estimate of drug-likeness (QED) is 0.285. The van der Waals surface area contributed by atoms with Crippen LogP contribution in [0.4, 0.5) is 0 Å². The van der Waals surface area contributed by atoms with Crippen LogP contribution in [-0.4, -0.2) is 16.7 Å². The molecule has 1 unspecified atom stereocenters. The molecular formula is C10H19Cl2O3P. The first-order valence-electron chi connectivity index (χ1n) is 5.40. The van der Waals surface area contributed by atoms with Gasteiger partial charge >= 0.3 is 8.25 Å². The highest BCUT2D eigenvalue weighted by Crippen LogP contribution is 2.21. The van der Waals surface area contributed by atoms with Gasteiger partial charge in [-0.25, -0.2) is 4.57 Å². The number of halogens is 2. The predicted molar refractivity (Wildman–Crippen MR) is 69.5 cm³/mol. The van der Waals surface area contributed by atoms with Crippen molar-refractivity contribution in [2.24, 2.45) is 0 Å². The van der Waals surface area contributed by atoms with E-state index in [1.165, 1.54) is 6.26 Å². The van der Waals surface area contributed by atoms with Gasteiger partial charge in [0.05, 0.1) is 6.26 Å².